The zero-order valence-electron chi connectivity index (χ0n) is 7.48. The fourth-order valence-electron chi connectivity index (χ4n) is 1.67. The molecule has 1 fully saturated rings. The van der Waals surface area contributed by atoms with Crippen LogP contribution in [-0.4, -0.2) is 24.4 Å². The van der Waals surface area contributed by atoms with E-state index >= 15 is 0 Å². The van der Waals surface area contributed by atoms with Crippen LogP contribution in [-0.2, 0) is 11.2 Å². The molecule has 1 N–H and O–H groups in total. The first-order valence-corrected chi connectivity index (χ1v) is 5.52. The van der Waals surface area contributed by atoms with E-state index in [-0.39, 0.29) is 6.10 Å². The third-order valence-corrected chi connectivity index (χ3v) is 3.38. The predicted molar refractivity (Wildman–Crippen MR) is 53.0 cm³/mol. The summed E-state index contributed by atoms with van der Waals surface area (Å²) >= 11 is 1.75. The van der Waals surface area contributed by atoms with Crippen molar-refractivity contribution in [2.75, 3.05) is 13.2 Å². The van der Waals surface area contributed by atoms with E-state index in [9.17, 15) is 5.11 Å². The molecule has 1 aliphatic rings. The Morgan fingerprint density at radius 2 is 2.54 bits per heavy atom. The van der Waals surface area contributed by atoms with Gasteiger partial charge >= 0.3 is 0 Å². The molecule has 2 unspecified atom stereocenters. The van der Waals surface area contributed by atoms with Crippen LogP contribution in [0.15, 0.2) is 17.5 Å². The quantitative estimate of drug-likeness (QED) is 0.783. The highest BCUT2D eigenvalue weighted by molar-refractivity contribution is 7.09. The van der Waals surface area contributed by atoms with Gasteiger partial charge in [-0.2, -0.15) is 0 Å². The monoisotopic (exact) mass is 198 g/mol. The summed E-state index contributed by atoms with van der Waals surface area (Å²) in [5.74, 6) is 0.299. The fourth-order valence-corrected chi connectivity index (χ4v) is 2.47. The van der Waals surface area contributed by atoms with E-state index in [2.05, 4.69) is 17.5 Å². The van der Waals surface area contributed by atoms with Crippen molar-refractivity contribution in [2.24, 2.45) is 5.92 Å². The summed E-state index contributed by atoms with van der Waals surface area (Å²) in [4.78, 5) is 1.34. The molecule has 1 aromatic heterocycles. The maximum Gasteiger partial charge on any atom is 0.0615 e. The highest BCUT2D eigenvalue weighted by Gasteiger charge is 2.23. The third kappa shape index (κ3) is 2.30. The molecule has 0 spiro atoms. The number of hydrogen-bond acceptors (Lipinski definition) is 3. The first-order valence-electron chi connectivity index (χ1n) is 4.64. The fraction of sp³-hybridized carbons (Fsp3) is 0.600. The number of ether oxygens (including phenoxy) is 1. The summed E-state index contributed by atoms with van der Waals surface area (Å²) in [6, 6.07) is 4.17. The number of thiophene rings is 1. The lowest BCUT2D eigenvalue weighted by molar-refractivity contribution is -0.0347. The first kappa shape index (κ1) is 9.19. The van der Waals surface area contributed by atoms with Gasteiger partial charge in [0.2, 0.25) is 0 Å². The summed E-state index contributed by atoms with van der Waals surface area (Å²) in [5.41, 5.74) is 0. The van der Waals surface area contributed by atoms with Crippen molar-refractivity contribution in [3.8, 4) is 0 Å². The smallest absolute Gasteiger partial charge is 0.0615 e. The van der Waals surface area contributed by atoms with Gasteiger partial charge in [-0.1, -0.05) is 6.07 Å². The Morgan fingerprint density at radius 1 is 1.62 bits per heavy atom. The molecule has 0 aliphatic carbocycles. The molecular formula is C10H14O2S. The maximum atomic E-state index is 9.69. The minimum Gasteiger partial charge on any atom is -0.393 e. The van der Waals surface area contributed by atoms with E-state index in [1.54, 1.807) is 11.3 Å². The van der Waals surface area contributed by atoms with Crippen molar-refractivity contribution < 1.29 is 9.84 Å². The van der Waals surface area contributed by atoms with Crippen molar-refractivity contribution in [1.29, 1.82) is 0 Å². The Balaban J connectivity index is 1.93. The lowest BCUT2D eigenvalue weighted by atomic mass is 9.95. The second-order valence-corrected chi connectivity index (χ2v) is 4.51. The SMILES string of the molecule is OC1CCOCC1Cc1cccs1. The van der Waals surface area contributed by atoms with Crippen LogP contribution in [0.2, 0.25) is 0 Å². The lowest BCUT2D eigenvalue weighted by Gasteiger charge is -2.27. The summed E-state index contributed by atoms with van der Waals surface area (Å²) in [6.45, 7) is 1.42. The first-order chi connectivity index (χ1) is 6.36. The van der Waals surface area contributed by atoms with Crippen molar-refractivity contribution >= 4 is 11.3 Å². The van der Waals surface area contributed by atoms with Gasteiger partial charge in [-0.3, -0.25) is 0 Å². The molecule has 72 valence electrons. The molecule has 2 atom stereocenters. The molecule has 0 amide bonds. The molecule has 2 heterocycles. The van der Waals surface area contributed by atoms with E-state index in [4.69, 9.17) is 4.74 Å². The van der Waals surface area contributed by atoms with Crippen LogP contribution in [0.4, 0.5) is 0 Å². The number of rotatable bonds is 2. The van der Waals surface area contributed by atoms with Gasteiger partial charge in [0.25, 0.3) is 0 Å². The predicted octanol–water partition coefficient (Wildman–Crippen LogP) is 1.69. The largest absolute Gasteiger partial charge is 0.393 e. The number of aliphatic hydroxyl groups is 1. The van der Waals surface area contributed by atoms with Gasteiger partial charge in [-0.05, 0) is 24.3 Å². The van der Waals surface area contributed by atoms with E-state index in [1.807, 2.05) is 0 Å². The van der Waals surface area contributed by atoms with Crippen LogP contribution in [0.1, 0.15) is 11.3 Å². The normalized spacial score (nSPS) is 29.0. The second-order valence-electron chi connectivity index (χ2n) is 3.47. The highest BCUT2D eigenvalue weighted by atomic mass is 32.1. The minimum atomic E-state index is -0.171. The Labute approximate surface area is 82.2 Å². The topological polar surface area (TPSA) is 29.5 Å². The third-order valence-electron chi connectivity index (χ3n) is 2.48. The molecule has 2 nitrogen and oxygen atoms in total. The molecule has 2 rings (SSSR count). The highest BCUT2D eigenvalue weighted by Crippen LogP contribution is 2.21. The van der Waals surface area contributed by atoms with Crippen LogP contribution in [0, 0.1) is 5.92 Å². The summed E-state index contributed by atoms with van der Waals surface area (Å²) < 4.78 is 5.35. The van der Waals surface area contributed by atoms with Gasteiger partial charge in [0.05, 0.1) is 12.7 Å². The van der Waals surface area contributed by atoms with Gasteiger partial charge in [-0.15, -0.1) is 11.3 Å². The molecule has 1 aliphatic heterocycles. The van der Waals surface area contributed by atoms with Crippen LogP contribution in [0.5, 0.6) is 0 Å². The lowest BCUT2D eigenvalue weighted by Crippen LogP contribution is -2.32. The van der Waals surface area contributed by atoms with Gasteiger partial charge in [0.1, 0.15) is 0 Å². The second kappa shape index (κ2) is 4.22. The molecule has 0 bridgehead atoms. The van der Waals surface area contributed by atoms with Crippen LogP contribution in [0.25, 0.3) is 0 Å². The molecular weight excluding hydrogens is 184 g/mol. The minimum absolute atomic E-state index is 0.171. The molecule has 0 saturated carbocycles. The maximum absolute atomic E-state index is 9.69. The zero-order valence-corrected chi connectivity index (χ0v) is 8.30. The summed E-state index contributed by atoms with van der Waals surface area (Å²) in [6.07, 6.45) is 1.57. The van der Waals surface area contributed by atoms with Crippen molar-refractivity contribution in [1.82, 2.24) is 0 Å². The Morgan fingerprint density at radius 3 is 3.23 bits per heavy atom. The average molecular weight is 198 g/mol. The summed E-state index contributed by atoms with van der Waals surface area (Å²) in [5, 5.41) is 11.8. The molecule has 1 saturated heterocycles. The van der Waals surface area contributed by atoms with Crippen LogP contribution < -0.4 is 0 Å². The van der Waals surface area contributed by atoms with Gasteiger partial charge in [-0.25, -0.2) is 0 Å². The molecule has 0 aromatic carbocycles. The number of hydrogen-bond donors (Lipinski definition) is 1. The van der Waals surface area contributed by atoms with Gasteiger partial charge in [0.15, 0.2) is 0 Å². The van der Waals surface area contributed by atoms with Crippen molar-refractivity contribution in [3.63, 3.8) is 0 Å². The van der Waals surface area contributed by atoms with E-state index in [1.165, 1.54) is 4.88 Å². The number of aliphatic hydroxyl groups excluding tert-OH is 1. The van der Waals surface area contributed by atoms with E-state index in [0.717, 1.165) is 12.8 Å². The van der Waals surface area contributed by atoms with E-state index in [0.29, 0.717) is 19.1 Å². The van der Waals surface area contributed by atoms with E-state index < -0.39 is 0 Å². The molecule has 3 heteroatoms. The van der Waals surface area contributed by atoms with Gasteiger partial charge < -0.3 is 9.84 Å². The summed E-state index contributed by atoms with van der Waals surface area (Å²) in [7, 11) is 0. The molecule has 13 heavy (non-hydrogen) atoms. The van der Waals surface area contributed by atoms with Crippen LogP contribution in [0.3, 0.4) is 0 Å². The average Bonchev–Trinajstić information content (AvgIpc) is 2.61. The van der Waals surface area contributed by atoms with Gasteiger partial charge in [0, 0.05) is 17.4 Å². The van der Waals surface area contributed by atoms with Crippen LogP contribution >= 0.6 is 11.3 Å². The Bertz CT molecular complexity index is 245. The Hall–Kier alpha value is -0.380. The van der Waals surface area contributed by atoms with Crippen molar-refractivity contribution in [3.05, 3.63) is 22.4 Å². The Kier molecular flexibility index (Phi) is 2.98. The zero-order chi connectivity index (χ0) is 9.10. The standard InChI is InChI=1S/C10H14O2S/c11-10-3-4-12-7-8(10)6-9-2-1-5-13-9/h1-2,5,8,10-11H,3-4,6-7H2. The molecule has 1 aromatic rings. The van der Waals surface area contributed by atoms with Crippen molar-refractivity contribution in [2.45, 2.75) is 18.9 Å². The molecule has 0 radical (unpaired) electrons.